The number of allylic oxidation sites excluding steroid dienone is 1. The number of aliphatic hydroxyl groups excluding tert-OH is 1. The number of carbonyl (C=O) groups is 1. The van der Waals surface area contributed by atoms with Gasteiger partial charge in [-0.25, -0.2) is 0 Å². The van der Waals surface area contributed by atoms with Crippen molar-refractivity contribution in [1.82, 2.24) is 4.90 Å². The molecule has 0 aromatic carbocycles. The minimum Gasteiger partial charge on any atom is -0.396 e. The third-order valence-electron chi connectivity index (χ3n) is 2.40. The lowest BCUT2D eigenvalue weighted by Crippen LogP contribution is -2.35. The van der Waals surface area contributed by atoms with E-state index in [2.05, 4.69) is 0 Å². The topological polar surface area (TPSA) is 49.8 Å². The zero-order chi connectivity index (χ0) is 12.6. The van der Waals surface area contributed by atoms with E-state index in [0.717, 1.165) is 11.1 Å². The second kappa shape index (κ2) is 8.30. The summed E-state index contributed by atoms with van der Waals surface area (Å²) in [5.74, 6) is -0.0121. The van der Waals surface area contributed by atoms with E-state index in [4.69, 9.17) is 9.84 Å². The summed E-state index contributed by atoms with van der Waals surface area (Å²) in [6.45, 7) is 9.02. The van der Waals surface area contributed by atoms with Gasteiger partial charge in [-0.1, -0.05) is 5.57 Å². The highest BCUT2D eigenvalue weighted by Gasteiger charge is 2.15. The van der Waals surface area contributed by atoms with E-state index in [9.17, 15) is 4.79 Å². The molecular formula is C12H23NO3. The Balaban J connectivity index is 4.48. The standard InChI is InChI=1S/C12H23NO3/c1-5-16-9-13(7-6-8-14)12(15)11(4)10(2)3/h14H,5-9H2,1-4H3. The summed E-state index contributed by atoms with van der Waals surface area (Å²) in [6, 6.07) is 0. The largest absolute Gasteiger partial charge is 0.396 e. The van der Waals surface area contributed by atoms with Crippen molar-refractivity contribution in [2.45, 2.75) is 34.1 Å². The van der Waals surface area contributed by atoms with Gasteiger partial charge in [0.15, 0.2) is 0 Å². The Morgan fingerprint density at radius 1 is 1.31 bits per heavy atom. The fourth-order valence-corrected chi connectivity index (χ4v) is 1.14. The first kappa shape index (κ1) is 15.1. The monoisotopic (exact) mass is 229 g/mol. The van der Waals surface area contributed by atoms with Gasteiger partial charge in [0.25, 0.3) is 5.91 Å². The summed E-state index contributed by atoms with van der Waals surface area (Å²) in [6.07, 6.45) is 0.578. The van der Waals surface area contributed by atoms with Crippen molar-refractivity contribution < 1.29 is 14.6 Å². The number of ether oxygens (including phenoxy) is 1. The van der Waals surface area contributed by atoms with Gasteiger partial charge in [0.2, 0.25) is 0 Å². The summed E-state index contributed by atoms with van der Waals surface area (Å²) < 4.78 is 5.24. The number of carbonyl (C=O) groups excluding carboxylic acids is 1. The maximum Gasteiger partial charge on any atom is 0.251 e. The molecule has 0 bridgehead atoms. The molecule has 0 atom stereocenters. The van der Waals surface area contributed by atoms with Gasteiger partial charge in [0.05, 0.1) is 0 Å². The average molecular weight is 229 g/mol. The van der Waals surface area contributed by atoms with E-state index >= 15 is 0 Å². The van der Waals surface area contributed by atoms with Gasteiger partial charge >= 0.3 is 0 Å². The molecule has 4 heteroatoms. The van der Waals surface area contributed by atoms with Gasteiger partial charge in [0, 0.05) is 25.3 Å². The van der Waals surface area contributed by atoms with E-state index in [1.807, 2.05) is 27.7 Å². The number of rotatable bonds is 7. The maximum absolute atomic E-state index is 12.0. The van der Waals surface area contributed by atoms with Crippen molar-refractivity contribution in [3.05, 3.63) is 11.1 Å². The number of amides is 1. The van der Waals surface area contributed by atoms with Gasteiger partial charge in [-0.15, -0.1) is 0 Å². The Labute approximate surface area is 97.9 Å². The minimum absolute atomic E-state index is 0.0121. The zero-order valence-corrected chi connectivity index (χ0v) is 10.7. The minimum atomic E-state index is -0.0121. The van der Waals surface area contributed by atoms with Crippen LogP contribution in [0.4, 0.5) is 0 Å². The van der Waals surface area contributed by atoms with Gasteiger partial charge in [-0.2, -0.15) is 0 Å². The van der Waals surface area contributed by atoms with Crippen LogP contribution in [0.5, 0.6) is 0 Å². The van der Waals surface area contributed by atoms with E-state index in [1.54, 1.807) is 4.90 Å². The molecule has 0 fully saturated rings. The highest BCUT2D eigenvalue weighted by atomic mass is 16.5. The zero-order valence-electron chi connectivity index (χ0n) is 10.7. The van der Waals surface area contributed by atoms with Crippen molar-refractivity contribution in [2.75, 3.05) is 26.5 Å². The average Bonchev–Trinajstić information content (AvgIpc) is 2.27. The van der Waals surface area contributed by atoms with E-state index in [0.29, 0.717) is 26.3 Å². The quantitative estimate of drug-likeness (QED) is 0.532. The van der Waals surface area contributed by atoms with Crippen LogP contribution < -0.4 is 0 Å². The first-order chi connectivity index (χ1) is 7.54. The van der Waals surface area contributed by atoms with Crippen molar-refractivity contribution in [3.63, 3.8) is 0 Å². The fraction of sp³-hybridized carbons (Fsp3) is 0.750. The molecule has 4 nitrogen and oxygen atoms in total. The summed E-state index contributed by atoms with van der Waals surface area (Å²) >= 11 is 0. The fourth-order valence-electron chi connectivity index (χ4n) is 1.14. The predicted molar refractivity (Wildman–Crippen MR) is 64.0 cm³/mol. The molecule has 0 rings (SSSR count). The van der Waals surface area contributed by atoms with Crippen molar-refractivity contribution in [1.29, 1.82) is 0 Å². The second-order valence-corrected chi connectivity index (χ2v) is 3.89. The second-order valence-electron chi connectivity index (χ2n) is 3.89. The molecule has 0 aliphatic carbocycles. The van der Waals surface area contributed by atoms with Crippen LogP contribution in [-0.4, -0.2) is 42.4 Å². The Kier molecular flexibility index (Phi) is 7.85. The molecule has 0 aromatic heterocycles. The van der Waals surface area contributed by atoms with Crippen LogP contribution in [0, 0.1) is 0 Å². The van der Waals surface area contributed by atoms with E-state index < -0.39 is 0 Å². The van der Waals surface area contributed by atoms with Gasteiger partial charge < -0.3 is 14.7 Å². The van der Waals surface area contributed by atoms with E-state index in [1.165, 1.54) is 0 Å². The van der Waals surface area contributed by atoms with Gasteiger partial charge in [0.1, 0.15) is 6.73 Å². The Morgan fingerprint density at radius 3 is 2.38 bits per heavy atom. The normalized spacial score (nSPS) is 10.1. The van der Waals surface area contributed by atoms with Gasteiger partial charge in [-0.05, 0) is 34.1 Å². The first-order valence-electron chi connectivity index (χ1n) is 5.66. The van der Waals surface area contributed by atoms with Crippen LogP contribution in [0.15, 0.2) is 11.1 Å². The Morgan fingerprint density at radius 2 is 1.94 bits per heavy atom. The third-order valence-corrected chi connectivity index (χ3v) is 2.40. The summed E-state index contributed by atoms with van der Waals surface area (Å²) in [5.41, 5.74) is 1.76. The summed E-state index contributed by atoms with van der Waals surface area (Å²) in [5, 5.41) is 8.78. The Bertz CT molecular complexity index is 237. The Hall–Kier alpha value is -0.870. The maximum atomic E-state index is 12.0. The molecule has 0 radical (unpaired) electrons. The number of nitrogens with zero attached hydrogens (tertiary/aromatic N) is 1. The summed E-state index contributed by atoms with van der Waals surface area (Å²) in [7, 11) is 0. The summed E-state index contributed by atoms with van der Waals surface area (Å²) in [4.78, 5) is 13.6. The number of aliphatic hydroxyl groups is 1. The molecule has 1 N–H and O–H groups in total. The lowest BCUT2D eigenvalue weighted by molar-refractivity contribution is -0.132. The van der Waals surface area contributed by atoms with Crippen molar-refractivity contribution in [2.24, 2.45) is 0 Å². The van der Waals surface area contributed by atoms with Crippen LogP contribution in [-0.2, 0) is 9.53 Å². The van der Waals surface area contributed by atoms with Crippen LogP contribution in [0.3, 0.4) is 0 Å². The highest BCUT2D eigenvalue weighted by molar-refractivity contribution is 5.93. The van der Waals surface area contributed by atoms with Crippen molar-refractivity contribution >= 4 is 5.91 Å². The molecule has 0 aromatic rings. The molecule has 0 unspecified atom stereocenters. The van der Waals surface area contributed by atoms with Crippen LogP contribution >= 0.6 is 0 Å². The SMILES string of the molecule is CCOCN(CCCO)C(=O)C(C)=C(C)C. The molecule has 16 heavy (non-hydrogen) atoms. The highest BCUT2D eigenvalue weighted by Crippen LogP contribution is 2.07. The molecule has 94 valence electrons. The molecule has 0 saturated carbocycles. The van der Waals surface area contributed by atoms with Crippen LogP contribution in [0.2, 0.25) is 0 Å². The van der Waals surface area contributed by atoms with Gasteiger partial charge in [-0.3, -0.25) is 4.79 Å². The molecule has 0 aliphatic rings. The smallest absolute Gasteiger partial charge is 0.251 e. The predicted octanol–water partition coefficient (Wildman–Crippen LogP) is 1.55. The van der Waals surface area contributed by atoms with Crippen LogP contribution in [0.25, 0.3) is 0 Å². The number of hydrogen-bond acceptors (Lipinski definition) is 3. The van der Waals surface area contributed by atoms with E-state index in [-0.39, 0.29) is 12.5 Å². The number of hydrogen-bond donors (Lipinski definition) is 1. The lowest BCUT2D eigenvalue weighted by Gasteiger charge is -2.22. The molecular weight excluding hydrogens is 206 g/mol. The molecule has 0 saturated heterocycles. The lowest BCUT2D eigenvalue weighted by atomic mass is 10.1. The molecule has 0 aliphatic heterocycles. The van der Waals surface area contributed by atoms with Crippen molar-refractivity contribution in [3.8, 4) is 0 Å². The molecule has 1 amide bonds. The molecule has 0 heterocycles. The van der Waals surface area contributed by atoms with Crippen LogP contribution in [0.1, 0.15) is 34.1 Å². The first-order valence-corrected chi connectivity index (χ1v) is 5.66. The third kappa shape index (κ3) is 5.28. The molecule has 0 spiro atoms.